The molecule has 1 aliphatic heterocycles. The summed E-state index contributed by atoms with van der Waals surface area (Å²) in [5, 5.41) is 3.40. The van der Waals surface area contributed by atoms with E-state index >= 15 is 0 Å². The van der Waals surface area contributed by atoms with Crippen LogP contribution in [-0.2, 0) is 4.79 Å². The molecule has 1 saturated carbocycles. The molecule has 2 rings (SSSR count). The average molecular weight is 295 g/mol. The summed E-state index contributed by atoms with van der Waals surface area (Å²) >= 11 is 0. The second kappa shape index (κ2) is 7.59. The molecule has 1 saturated heterocycles. The molecule has 0 aromatic carbocycles. The van der Waals surface area contributed by atoms with Crippen molar-refractivity contribution in [2.45, 2.75) is 76.8 Å². The number of carbonyl (C=O) groups is 1. The Kier molecular flexibility index (Phi) is 6.06. The first kappa shape index (κ1) is 16.8. The molecule has 3 N–H and O–H groups in total. The maximum atomic E-state index is 12.0. The van der Waals surface area contributed by atoms with Gasteiger partial charge in [-0.3, -0.25) is 4.79 Å². The molecule has 3 unspecified atom stereocenters. The van der Waals surface area contributed by atoms with Crippen molar-refractivity contribution < 1.29 is 4.79 Å². The van der Waals surface area contributed by atoms with Crippen molar-refractivity contribution >= 4 is 5.91 Å². The summed E-state index contributed by atoms with van der Waals surface area (Å²) in [4.78, 5) is 14.6. The molecular weight excluding hydrogens is 262 g/mol. The fraction of sp³-hybridized carbons (Fsp3) is 0.941. The molecule has 4 nitrogen and oxygen atoms in total. The van der Waals surface area contributed by atoms with Crippen LogP contribution in [0.4, 0.5) is 0 Å². The molecule has 0 spiro atoms. The van der Waals surface area contributed by atoms with E-state index in [2.05, 4.69) is 24.1 Å². The molecule has 3 atom stereocenters. The van der Waals surface area contributed by atoms with E-state index in [-0.39, 0.29) is 5.91 Å². The summed E-state index contributed by atoms with van der Waals surface area (Å²) in [5.74, 6) is 0.739. The highest BCUT2D eigenvalue weighted by Gasteiger charge is 2.42. The first-order chi connectivity index (χ1) is 10.1. The van der Waals surface area contributed by atoms with Gasteiger partial charge in [0.15, 0.2) is 0 Å². The highest BCUT2D eigenvalue weighted by atomic mass is 16.1. The zero-order chi connectivity index (χ0) is 15.3. The fourth-order valence-corrected chi connectivity index (χ4v) is 4.33. The van der Waals surface area contributed by atoms with Crippen LogP contribution in [-0.4, -0.2) is 42.0 Å². The molecule has 21 heavy (non-hydrogen) atoms. The van der Waals surface area contributed by atoms with Crippen LogP contribution < -0.4 is 11.1 Å². The summed E-state index contributed by atoms with van der Waals surface area (Å²) in [6.07, 6.45) is 9.42. The number of nitrogens with zero attached hydrogens (tertiary/aromatic N) is 1. The summed E-state index contributed by atoms with van der Waals surface area (Å²) in [6, 6.07) is 0.529. The van der Waals surface area contributed by atoms with Gasteiger partial charge in [-0.2, -0.15) is 0 Å². The van der Waals surface area contributed by atoms with Gasteiger partial charge in [-0.25, -0.2) is 0 Å². The molecule has 4 heteroatoms. The number of likely N-dealkylation sites (N-methyl/N-ethyl adjacent to an activating group) is 1. The van der Waals surface area contributed by atoms with Crippen molar-refractivity contribution in [3.63, 3.8) is 0 Å². The lowest BCUT2D eigenvalue weighted by atomic mass is 9.77. The molecule has 2 aliphatic rings. The second-order valence-electron chi connectivity index (χ2n) is 6.97. The van der Waals surface area contributed by atoms with E-state index in [4.69, 9.17) is 5.73 Å². The van der Waals surface area contributed by atoms with Gasteiger partial charge in [-0.05, 0) is 70.5 Å². The molecule has 0 bridgehead atoms. The zero-order valence-corrected chi connectivity index (χ0v) is 13.9. The third-order valence-electron chi connectivity index (χ3n) is 5.69. The lowest BCUT2D eigenvalue weighted by Crippen LogP contribution is -2.60. The Bertz CT molecular complexity index is 343. The Morgan fingerprint density at radius 1 is 1.24 bits per heavy atom. The van der Waals surface area contributed by atoms with E-state index in [1.165, 1.54) is 45.2 Å². The SMILES string of the molecule is CCNC1(C(N)=O)CCCC(N2CCCC(CC)CC2)C1. The average Bonchev–Trinajstić information content (AvgIpc) is 2.73. The quantitative estimate of drug-likeness (QED) is 0.818. The number of amides is 1. The van der Waals surface area contributed by atoms with E-state index in [9.17, 15) is 4.79 Å². The predicted octanol–water partition coefficient (Wildman–Crippen LogP) is 2.27. The number of likely N-dealkylation sites (tertiary alicyclic amines) is 1. The van der Waals surface area contributed by atoms with Gasteiger partial charge in [0.25, 0.3) is 0 Å². The van der Waals surface area contributed by atoms with Crippen LogP contribution in [0.2, 0.25) is 0 Å². The Balaban J connectivity index is 2.01. The second-order valence-corrected chi connectivity index (χ2v) is 6.97. The third kappa shape index (κ3) is 3.98. The van der Waals surface area contributed by atoms with Crippen molar-refractivity contribution in [2.75, 3.05) is 19.6 Å². The first-order valence-electron chi connectivity index (χ1n) is 8.90. The molecule has 0 aromatic rings. The van der Waals surface area contributed by atoms with Crippen molar-refractivity contribution in [1.82, 2.24) is 10.2 Å². The van der Waals surface area contributed by atoms with E-state index in [1.54, 1.807) is 0 Å². The minimum absolute atomic E-state index is 0.157. The van der Waals surface area contributed by atoms with Crippen molar-refractivity contribution in [1.29, 1.82) is 0 Å². The van der Waals surface area contributed by atoms with Crippen molar-refractivity contribution in [3.05, 3.63) is 0 Å². The number of nitrogens with two attached hydrogens (primary N) is 1. The van der Waals surface area contributed by atoms with E-state index in [0.717, 1.165) is 31.7 Å². The molecule has 1 aliphatic carbocycles. The molecular formula is C17H33N3O. The summed E-state index contributed by atoms with van der Waals surface area (Å²) in [6.45, 7) is 7.58. The number of rotatable bonds is 5. The summed E-state index contributed by atoms with van der Waals surface area (Å²) < 4.78 is 0. The minimum Gasteiger partial charge on any atom is -0.368 e. The Hall–Kier alpha value is -0.610. The largest absolute Gasteiger partial charge is 0.368 e. The van der Waals surface area contributed by atoms with Crippen LogP contribution in [0.5, 0.6) is 0 Å². The normalized spacial score (nSPS) is 35.3. The number of hydrogen-bond acceptors (Lipinski definition) is 3. The lowest BCUT2D eigenvalue weighted by Gasteiger charge is -2.43. The van der Waals surface area contributed by atoms with Gasteiger partial charge in [-0.1, -0.05) is 20.3 Å². The number of hydrogen-bond donors (Lipinski definition) is 2. The highest BCUT2D eigenvalue weighted by Crippen LogP contribution is 2.33. The molecule has 1 heterocycles. The standard InChI is InChI=1S/C17H33N3O/c1-3-14-7-6-11-20(12-9-14)15-8-5-10-17(13-15,16(18)21)19-4-2/h14-15,19H,3-13H2,1-2H3,(H2,18,21). The minimum atomic E-state index is -0.464. The molecule has 122 valence electrons. The third-order valence-corrected chi connectivity index (χ3v) is 5.69. The van der Waals surface area contributed by atoms with Gasteiger partial charge in [0.05, 0.1) is 5.54 Å². The Morgan fingerprint density at radius 3 is 2.71 bits per heavy atom. The predicted molar refractivity (Wildman–Crippen MR) is 87.1 cm³/mol. The maximum absolute atomic E-state index is 12.0. The van der Waals surface area contributed by atoms with Crippen LogP contribution in [0, 0.1) is 5.92 Å². The number of nitrogens with one attached hydrogen (secondary N) is 1. The van der Waals surface area contributed by atoms with Crippen LogP contribution >= 0.6 is 0 Å². The Labute approximate surface area is 129 Å². The van der Waals surface area contributed by atoms with Gasteiger partial charge in [0.2, 0.25) is 5.91 Å². The van der Waals surface area contributed by atoms with Crippen LogP contribution in [0.25, 0.3) is 0 Å². The molecule has 0 radical (unpaired) electrons. The number of carbonyl (C=O) groups excluding carboxylic acids is 1. The highest BCUT2D eigenvalue weighted by molar-refractivity contribution is 5.84. The summed E-state index contributed by atoms with van der Waals surface area (Å²) in [7, 11) is 0. The fourth-order valence-electron chi connectivity index (χ4n) is 4.33. The van der Waals surface area contributed by atoms with Crippen molar-refractivity contribution in [2.24, 2.45) is 11.7 Å². The summed E-state index contributed by atoms with van der Waals surface area (Å²) in [5.41, 5.74) is 5.27. The van der Waals surface area contributed by atoms with Gasteiger partial charge in [-0.15, -0.1) is 0 Å². The monoisotopic (exact) mass is 295 g/mol. The van der Waals surface area contributed by atoms with Crippen LogP contribution in [0.3, 0.4) is 0 Å². The van der Waals surface area contributed by atoms with Crippen molar-refractivity contribution in [3.8, 4) is 0 Å². The molecule has 2 fully saturated rings. The first-order valence-corrected chi connectivity index (χ1v) is 8.90. The van der Waals surface area contributed by atoms with Crippen LogP contribution in [0.15, 0.2) is 0 Å². The van der Waals surface area contributed by atoms with Gasteiger partial charge < -0.3 is 16.0 Å². The van der Waals surface area contributed by atoms with Gasteiger partial charge in [0.1, 0.15) is 0 Å². The van der Waals surface area contributed by atoms with Gasteiger partial charge >= 0.3 is 0 Å². The topological polar surface area (TPSA) is 58.4 Å². The van der Waals surface area contributed by atoms with Gasteiger partial charge in [0, 0.05) is 6.04 Å². The lowest BCUT2D eigenvalue weighted by molar-refractivity contribution is -0.126. The Morgan fingerprint density at radius 2 is 2.05 bits per heavy atom. The zero-order valence-electron chi connectivity index (χ0n) is 13.9. The van der Waals surface area contributed by atoms with E-state index < -0.39 is 5.54 Å². The molecule has 1 amide bonds. The van der Waals surface area contributed by atoms with E-state index in [1.807, 2.05) is 0 Å². The smallest absolute Gasteiger partial charge is 0.237 e. The van der Waals surface area contributed by atoms with Crippen LogP contribution in [0.1, 0.15) is 65.2 Å². The maximum Gasteiger partial charge on any atom is 0.237 e. The number of primary amides is 1. The molecule has 0 aromatic heterocycles. The van der Waals surface area contributed by atoms with E-state index in [0.29, 0.717) is 6.04 Å².